The zero-order valence-corrected chi connectivity index (χ0v) is 17.5. The van der Waals surface area contributed by atoms with Crippen LogP contribution in [0.25, 0.3) is 0 Å². The van der Waals surface area contributed by atoms with Crippen LogP contribution < -0.4 is 4.83 Å². The third-order valence-electron chi connectivity index (χ3n) is 4.01. The van der Waals surface area contributed by atoms with E-state index in [0.29, 0.717) is 5.92 Å². The molecule has 0 radical (unpaired) electrons. The van der Waals surface area contributed by atoms with E-state index in [1.54, 1.807) is 6.92 Å². The van der Waals surface area contributed by atoms with Crippen molar-refractivity contribution in [2.75, 3.05) is 0 Å². The molecule has 0 aromatic heterocycles. The number of terminal acetylenes is 1. The largest absolute Gasteiger partial charge is 0.277 e. The molecule has 0 spiro atoms. The van der Waals surface area contributed by atoms with Crippen molar-refractivity contribution >= 4 is 15.7 Å². The minimum atomic E-state index is -3.88. The van der Waals surface area contributed by atoms with Gasteiger partial charge in [-0.25, -0.2) is 0 Å². The molecular formula is C21H28N2O2S. The van der Waals surface area contributed by atoms with Crippen LogP contribution in [0.2, 0.25) is 0 Å². The number of hydrazone groups is 1. The van der Waals surface area contributed by atoms with Gasteiger partial charge in [-0.05, 0) is 53.2 Å². The Morgan fingerprint density at radius 2 is 1.54 bits per heavy atom. The van der Waals surface area contributed by atoms with Gasteiger partial charge >= 0.3 is 0 Å². The molecule has 0 amide bonds. The van der Waals surface area contributed by atoms with Gasteiger partial charge in [0.15, 0.2) is 5.71 Å². The molecule has 0 heterocycles. The van der Waals surface area contributed by atoms with Crippen LogP contribution in [-0.4, -0.2) is 14.1 Å². The van der Waals surface area contributed by atoms with Crippen LogP contribution in [0.5, 0.6) is 0 Å². The lowest BCUT2D eigenvalue weighted by molar-refractivity contribution is 0.579. The molecule has 1 rings (SSSR count). The van der Waals surface area contributed by atoms with Gasteiger partial charge in [-0.2, -0.15) is 13.2 Å². The summed E-state index contributed by atoms with van der Waals surface area (Å²) in [6, 6.07) is 3.96. The molecule has 0 saturated carbocycles. The summed E-state index contributed by atoms with van der Waals surface area (Å²) >= 11 is 0. The van der Waals surface area contributed by atoms with Crippen molar-refractivity contribution in [1.82, 2.24) is 4.83 Å². The van der Waals surface area contributed by atoms with E-state index in [2.05, 4.69) is 41.5 Å². The molecule has 0 fully saturated rings. The van der Waals surface area contributed by atoms with E-state index in [0.717, 1.165) is 16.7 Å². The second kappa shape index (κ2) is 8.92. The van der Waals surface area contributed by atoms with Crippen LogP contribution >= 0.6 is 0 Å². The zero-order chi connectivity index (χ0) is 20.1. The fraction of sp³-hybridized carbons (Fsp3) is 0.476. The van der Waals surface area contributed by atoms with Gasteiger partial charge in [-0.3, -0.25) is 0 Å². The second-order valence-corrected chi connectivity index (χ2v) is 8.66. The van der Waals surface area contributed by atoms with Gasteiger partial charge in [0.1, 0.15) is 0 Å². The van der Waals surface area contributed by atoms with Gasteiger partial charge in [0, 0.05) is 0 Å². The van der Waals surface area contributed by atoms with E-state index >= 15 is 0 Å². The molecule has 0 atom stereocenters. The lowest BCUT2D eigenvalue weighted by atomic mass is 9.89. The second-order valence-electron chi connectivity index (χ2n) is 7.07. The molecule has 0 aliphatic carbocycles. The van der Waals surface area contributed by atoms with Gasteiger partial charge in [-0.1, -0.05) is 59.6 Å². The number of hydrogen-bond donors (Lipinski definition) is 1. The predicted octanol–water partition coefficient (Wildman–Crippen LogP) is 4.35. The maximum absolute atomic E-state index is 13.1. The summed E-state index contributed by atoms with van der Waals surface area (Å²) in [6.07, 6.45) is 5.32. The summed E-state index contributed by atoms with van der Waals surface area (Å²) in [7, 11) is -3.88. The van der Waals surface area contributed by atoms with E-state index in [1.807, 2.05) is 39.8 Å². The molecule has 0 aliphatic heterocycles. The molecule has 1 N–H and O–H groups in total. The molecule has 26 heavy (non-hydrogen) atoms. The Kier molecular flexibility index (Phi) is 7.48. The molecule has 4 nitrogen and oxygen atoms in total. The smallest absolute Gasteiger partial charge is 0.200 e. The molecule has 0 aliphatic rings. The average Bonchev–Trinajstić information content (AvgIpc) is 2.57. The first kappa shape index (κ1) is 21.8. The van der Waals surface area contributed by atoms with Crippen LogP contribution in [-0.2, 0) is 10.0 Å². The van der Waals surface area contributed by atoms with E-state index < -0.39 is 10.0 Å². The highest BCUT2D eigenvalue weighted by molar-refractivity contribution is 7.89. The summed E-state index contributed by atoms with van der Waals surface area (Å²) in [6.45, 7) is 13.8. The van der Waals surface area contributed by atoms with Crippen molar-refractivity contribution in [2.24, 2.45) is 5.10 Å². The molecule has 140 valence electrons. The first-order valence-electron chi connectivity index (χ1n) is 8.71. The number of rotatable bonds is 6. The van der Waals surface area contributed by atoms with Gasteiger partial charge in [-0.15, -0.1) is 11.5 Å². The van der Waals surface area contributed by atoms with Gasteiger partial charge < -0.3 is 0 Å². The van der Waals surface area contributed by atoms with E-state index in [1.165, 1.54) is 0 Å². The van der Waals surface area contributed by atoms with Crippen molar-refractivity contribution in [1.29, 1.82) is 0 Å². The molecule has 0 bridgehead atoms. The van der Waals surface area contributed by atoms with Crippen molar-refractivity contribution in [3.05, 3.63) is 28.8 Å². The number of nitrogens with one attached hydrogen (secondary N) is 1. The highest BCUT2D eigenvalue weighted by Crippen LogP contribution is 2.34. The maximum Gasteiger partial charge on any atom is 0.277 e. The van der Waals surface area contributed by atoms with Crippen molar-refractivity contribution in [2.45, 2.75) is 71.1 Å². The zero-order valence-electron chi connectivity index (χ0n) is 16.6. The highest BCUT2D eigenvalue weighted by atomic mass is 32.2. The first-order valence-corrected chi connectivity index (χ1v) is 10.2. The number of hydrogen-bond acceptors (Lipinski definition) is 3. The summed E-state index contributed by atoms with van der Waals surface area (Å²) in [5.74, 6) is 7.88. The van der Waals surface area contributed by atoms with Crippen LogP contribution in [0.15, 0.2) is 22.1 Å². The standard InChI is InChI=1S/C21H28N2O2S/c1-9-11-18(10-2)22-23-26(24,25)21-19(15(5)6)12-17(14(3)4)13-20(21)16(7)8/h2,12-16,23H,1,3-8H3/b22-18+. The Hall–Kier alpha value is -2.24. The first-order chi connectivity index (χ1) is 12.0. The minimum Gasteiger partial charge on any atom is -0.200 e. The Balaban J connectivity index is 3.67. The van der Waals surface area contributed by atoms with E-state index in [4.69, 9.17) is 6.42 Å². The van der Waals surface area contributed by atoms with Gasteiger partial charge in [0.05, 0.1) is 4.90 Å². The predicted molar refractivity (Wildman–Crippen MR) is 109 cm³/mol. The monoisotopic (exact) mass is 372 g/mol. The highest BCUT2D eigenvalue weighted by Gasteiger charge is 2.26. The lowest BCUT2D eigenvalue weighted by Crippen LogP contribution is -2.24. The van der Waals surface area contributed by atoms with Crippen LogP contribution in [0.1, 0.15) is 82.9 Å². The van der Waals surface area contributed by atoms with Crippen LogP contribution in [0.3, 0.4) is 0 Å². The summed E-state index contributed by atoms with van der Waals surface area (Å²) in [5.41, 5.74) is 2.74. The molecule has 0 unspecified atom stereocenters. The summed E-state index contributed by atoms with van der Waals surface area (Å²) in [4.78, 5) is 2.55. The Morgan fingerprint density at radius 1 is 1.04 bits per heavy atom. The van der Waals surface area contributed by atoms with E-state index in [9.17, 15) is 8.42 Å². The maximum atomic E-state index is 13.1. The molecule has 0 saturated heterocycles. The Bertz CT molecular complexity index is 861. The third-order valence-corrected chi connectivity index (χ3v) is 5.35. The van der Waals surface area contributed by atoms with Gasteiger partial charge in [0.2, 0.25) is 0 Å². The molecule has 1 aromatic carbocycles. The fourth-order valence-corrected chi connectivity index (χ4v) is 4.08. The van der Waals surface area contributed by atoms with Gasteiger partial charge in [0.25, 0.3) is 10.0 Å². The average molecular weight is 373 g/mol. The Morgan fingerprint density at radius 3 is 1.88 bits per heavy atom. The van der Waals surface area contributed by atoms with E-state index in [-0.39, 0.29) is 22.4 Å². The molecule has 1 aromatic rings. The number of sulfonamides is 1. The quantitative estimate of drug-likeness (QED) is 0.458. The molecule has 5 heteroatoms. The van der Waals surface area contributed by atoms with Crippen molar-refractivity contribution in [3.8, 4) is 24.2 Å². The lowest BCUT2D eigenvalue weighted by Gasteiger charge is -2.22. The normalized spacial score (nSPS) is 12.1. The summed E-state index contributed by atoms with van der Waals surface area (Å²) < 4.78 is 26.1. The van der Waals surface area contributed by atoms with Crippen molar-refractivity contribution in [3.63, 3.8) is 0 Å². The fourth-order valence-electron chi connectivity index (χ4n) is 2.57. The number of nitrogens with zero attached hydrogens (tertiary/aromatic N) is 1. The van der Waals surface area contributed by atoms with Crippen LogP contribution in [0.4, 0.5) is 0 Å². The summed E-state index contributed by atoms with van der Waals surface area (Å²) in [5, 5.41) is 3.81. The number of benzene rings is 1. The molecular weight excluding hydrogens is 344 g/mol. The topological polar surface area (TPSA) is 58.5 Å². The Labute approximate surface area is 158 Å². The third kappa shape index (κ3) is 5.13. The SMILES string of the molecule is C#C/C(C#CC)=N\NS(=O)(=O)c1c(C(C)C)cc(C(C)C)cc1C(C)C. The minimum absolute atomic E-state index is 0.0456. The van der Waals surface area contributed by atoms with Crippen molar-refractivity contribution < 1.29 is 8.42 Å². The van der Waals surface area contributed by atoms with Crippen LogP contribution in [0, 0.1) is 24.2 Å².